The number of methoxy groups -OCH3 is 1. The van der Waals surface area contributed by atoms with Crippen LogP contribution in [0.25, 0.3) is 22.6 Å². The summed E-state index contributed by atoms with van der Waals surface area (Å²) in [6.07, 6.45) is -0.529. The molecule has 0 radical (unpaired) electrons. The third kappa shape index (κ3) is 4.69. The van der Waals surface area contributed by atoms with Gasteiger partial charge in [-0.1, -0.05) is 29.8 Å². The van der Waals surface area contributed by atoms with Crippen LogP contribution in [0.5, 0.6) is 5.75 Å². The van der Waals surface area contributed by atoms with Gasteiger partial charge in [0.25, 0.3) is 5.91 Å². The second-order valence-electron chi connectivity index (χ2n) is 8.72. The van der Waals surface area contributed by atoms with Gasteiger partial charge < -0.3 is 30.3 Å². The molecule has 12 heteroatoms. The lowest BCUT2D eigenvalue weighted by Crippen LogP contribution is -2.41. The van der Waals surface area contributed by atoms with Crippen molar-refractivity contribution in [2.75, 3.05) is 19.5 Å². The Balaban J connectivity index is 1.59. The molecule has 1 aromatic carbocycles. The van der Waals surface area contributed by atoms with Crippen molar-refractivity contribution < 1.29 is 24.5 Å². The summed E-state index contributed by atoms with van der Waals surface area (Å²) in [5, 5.41) is 26.9. The highest BCUT2D eigenvalue weighted by molar-refractivity contribution is 5.85. The summed E-state index contributed by atoms with van der Waals surface area (Å²) in [6.45, 7) is 2.51. The summed E-state index contributed by atoms with van der Waals surface area (Å²) in [6, 6.07) is 9.84. The van der Waals surface area contributed by atoms with Gasteiger partial charge in [0, 0.05) is 25.4 Å². The zero-order chi connectivity index (χ0) is 26.1. The number of nitrogens with one attached hydrogen (secondary N) is 2. The summed E-state index contributed by atoms with van der Waals surface area (Å²) >= 11 is 0. The Morgan fingerprint density at radius 3 is 2.78 bits per heavy atom. The number of carbonyl (C=O) groups excluding carboxylic acids is 1. The molecule has 192 valence electrons. The van der Waals surface area contributed by atoms with Crippen LogP contribution in [-0.4, -0.2) is 73.1 Å². The minimum Gasteiger partial charge on any atom is -0.495 e. The smallest absolute Gasteiger partial charge is 0.251 e. The maximum absolute atomic E-state index is 12.2. The van der Waals surface area contributed by atoms with Crippen LogP contribution in [0.1, 0.15) is 17.4 Å². The van der Waals surface area contributed by atoms with E-state index >= 15 is 0 Å². The van der Waals surface area contributed by atoms with Crippen molar-refractivity contribution >= 4 is 22.9 Å². The SMILES string of the molecule is CNC(=O)[C@H]1O[C@@H](n2cnc3c(NCc4cccc(C)c4)nc(-c4cncc(OC)c4)nc32)[C@H](O)[C@@H]1O. The number of fused-ring (bicyclic) bond motifs is 1. The molecule has 4 N–H and O–H groups in total. The first-order valence-electron chi connectivity index (χ1n) is 11.7. The Kier molecular flexibility index (Phi) is 6.70. The van der Waals surface area contributed by atoms with Gasteiger partial charge in [0.1, 0.15) is 18.0 Å². The van der Waals surface area contributed by atoms with Gasteiger partial charge in [-0.2, -0.15) is 0 Å². The van der Waals surface area contributed by atoms with E-state index in [1.54, 1.807) is 25.6 Å². The van der Waals surface area contributed by atoms with Crippen molar-refractivity contribution in [2.24, 2.45) is 0 Å². The van der Waals surface area contributed by atoms with Crippen molar-refractivity contribution in [3.63, 3.8) is 0 Å². The summed E-state index contributed by atoms with van der Waals surface area (Å²) < 4.78 is 12.5. The Bertz CT molecular complexity index is 1440. The second-order valence-corrected chi connectivity index (χ2v) is 8.72. The number of benzene rings is 1. The van der Waals surface area contributed by atoms with E-state index in [9.17, 15) is 15.0 Å². The average molecular weight is 506 g/mol. The van der Waals surface area contributed by atoms with Crippen molar-refractivity contribution in [1.29, 1.82) is 0 Å². The molecule has 0 aliphatic carbocycles. The number of aryl methyl sites for hydroxylation is 1. The van der Waals surface area contributed by atoms with E-state index in [0.29, 0.717) is 40.7 Å². The van der Waals surface area contributed by atoms with Crippen LogP contribution in [0.15, 0.2) is 49.1 Å². The van der Waals surface area contributed by atoms with Gasteiger partial charge in [0.05, 0.1) is 19.6 Å². The number of aliphatic hydroxyl groups excluding tert-OH is 2. The maximum atomic E-state index is 12.2. The molecule has 37 heavy (non-hydrogen) atoms. The van der Waals surface area contributed by atoms with Gasteiger partial charge in [-0.15, -0.1) is 0 Å². The lowest BCUT2D eigenvalue weighted by molar-refractivity contribution is -0.137. The molecule has 0 saturated carbocycles. The molecule has 1 aliphatic rings. The fourth-order valence-corrected chi connectivity index (χ4v) is 4.26. The van der Waals surface area contributed by atoms with E-state index in [0.717, 1.165) is 11.1 Å². The van der Waals surface area contributed by atoms with Gasteiger partial charge in [-0.25, -0.2) is 15.0 Å². The summed E-state index contributed by atoms with van der Waals surface area (Å²) in [5.41, 5.74) is 3.57. The van der Waals surface area contributed by atoms with Crippen LogP contribution >= 0.6 is 0 Å². The van der Waals surface area contributed by atoms with Crippen LogP contribution in [0, 0.1) is 6.92 Å². The van der Waals surface area contributed by atoms with E-state index in [4.69, 9.17) is 14.5 Å². The van der Waals surface area contributed by atoms with Crippen LogP contribution < -0.4 is 15.4 Å². The fourth-order valence-electron chi connectivity index (χ4n) is 4.26. The van der Waals surface area contributed by atoms with Gasteiger partial charge in [0.2, 0.25) is 0 Å². The second kappa shape index (κ2) is 10.1. The van der Waals surface area contributed by atoms with Crippen molar-refractivity contribution in [2.45, 2.75) is 38.0 Å². The van der Waals surface area contributed by atoms with Crippen LogP contribution in [0.3, 0.4) is 0 Å². The largest absolute Gasteiger partial charge is 0.495 e. The number of imidazole rings is 1. The highest BCUT2D eigenvalue weighted by Gasteiger charge is 2.47. The van der Waals surface area contributed by atoms with E-state index in [-0.39, 0.29) is 0 Å². The predicted octanol–water partition coefficient (Wildman–Crippen LogP) is 1.18. The molecule has 1 saturated heterocycles. The first-order valence-corrected chi connectivity index (χ1v) is 11.7. The zero-order valence-corrected chi connectivity index (χ0v) is 20.5. The van der Waals surface area contributed by atoms with Crippen molar-refractivity contribution in [3.8, 4) is 17.1 Å². The quantitative estimate of drug-likeness (QED) is 0.288. The molecule has 1 fully saturated rings. The predicted molar refractivity (Wildman–Crippen MR) is 134 cm³/mol. The molecule has 0 spiro atoms. The first kappa shape index (κ1) is 24.6. The average Bonchev–Trinajstić information content (AvgIpc) is 3.47. The Hall–Kier alpha value is -4.13. The number of nitrogens with zero attached hydrogens (tertiary/aromatic N) is 5. The monoisotopic (exact) mass is 505 g/mol. The molecule has 4 heterocycles. The standard InChI is InChI=1S/C25H27N7O5/c1-13-5-4-6-14(7-13)9-28-22-17-23(31-21(30-22)15-8-16(36-3)11-27-10-15)32(12-29-17)25-19(34)18(33)20(37-25)24(35)26-2/h4-8,10-12,18-20,25,33-34H,9H2,1-3H3,(H,26,35)(H,28,30,31)/t18-,19+,20-,25+/m0/s1. The van der Waals surface area contributed by atoms with E-state index in [2.05, 4.69) is 31.7 Å². The van der Waals surface area contributed by atoms with Gasteiger partial charge in [0.15, 0.2) is 35.1 Å². The van der Waals surface area contributed by atoms with Gasteiger partial charge in [-0.05, 0) is 18.6 Å². The Morgan fingerprint density at radius 2 is 2.03 bits per heavy atom. The van der Waals surface area contributed by atoms with Crippen LogP contribution in [0.2, 0.25) is 0 Å². The summed E-state index contributed by atoms with van der Waals surface area (Å²) in [5.74, 6) is 0.786. The number of likely N-dealkylation sites (N-methyl/N-ethyl adjacent to an activating group) is 1. The number of rotatable bonds is 7. The van der Waals surface area contributed by atoms with E-state index < -0.39 is 30.4 Å². The minimum atomic E-state index is -1.43. The lowest BCUT2D eigenvalue weighted by Gasteiger charge is -2.17. The molecule has 3 aromatic heterocycles. The number of aliphatic hydroxyl groups is 2. The minimum absolute atomic E-state index is 0.336. The number of ether oxygens (including phenoxy) is 2. The number of carbonyl (C=O) groups is 1. The molecule has 1 aliphatic heterocycles. The normalized spacial score (nSPS) is 21.2. The molecule has 5 rings (SSSR count). The third-order valence-electron chi connectivity index (χ3n) is 6.19. The molecular weight excluding hydrogens is 478 g/mol. The highest BCUT2D eigenvalue weighted by atomic mass is 16.6. The number of pyridine rings is 1. The number of hydrogen-bond donors (Lipinski definition) is 4. The number of aromatic nitrogens is 5. The summed E-state index contributed by atoms with van der Waals surface area (Å²) in [4.78, 5) is 30.2. The van der Waals surface area contributed by atoms with E-state index in [1.807, 2.05) is 25.1 Å². The Labute approximate surface area is 212 Å². The number of amides is 1. The van der Waals surface area contributed by atoms with Crippen molar-refractivity contribution in [3.05, 3.63) is 60.2 Å². The molecule has 4 atom stereocenters. The lowest BCUT2D eigenvalue weighted by atomic mass is 10.1. The fraction of sp³-hybridized carbons (Fsp3) is 0.320. The third-order valence-corrected chi connectivity index (χ3v) is 6.19. The Morgan fingerprint density at radius 1 is 1.19 bits per heavy atom. The molecule has 0 bridgehead atoms. The molecule has 12 nitrogen and oxygen atoms in total. The zero-order valence-electron chi connectivity index (χ0n) is 20.5. The molecule has 4 aromatic rings. The van der Waals surface area contributed by atoms with E-state index in [1.165, 1.54) is 17.9 Å². The van der Waals surface area contributed by atoms with Gasteiger partial charge in [-0.3, -0.25) is 14.3 Å². The molecule has 1 amide bonds. The van der Waals surface area contributed by atoms with Crippen LogP contribution in [-0.2, 0) is 16.1 Å². The first-order chi connectivity index (χ1) is 17.9. The van der Waals surface area contributed by atoms with Crippen LogP contribution in [0.4, 0.5) is 5.82 Å². The van der Waals surface area contributed by atoms with Crippen molar-refractivity contribution in [1.82, 2.24) is 29.8 Å². The summed E-state index contributed by atoms with van der Waals surface area (Å²) in [7, 11) is 2.97. The highest BCUT2D eigenvalue weighted by Crippen LogP contribution is 2.34. The topological polar surface area (TPSA) is 157 Å². The molecular formula is C25H27N7O5. The maximum Gasteiger partial charge on any atom is 0.251 e. The van der Waals surface area contributed by atoms with Gasteiger partial charge >= 0.3 is 0 Å². The molecule has 0 unspecified atom stereocenters. The number of anilines is 1. The number of hydrogen-bond acceptors (Lipinski definition) is 10.